The summed E-state index contributed by atoms with van der Waals surface area (Å²) in [7, 11) is -0.333. The van der Waals surface area contributed by atoms with E-state index in [1.54, 1.807) is 40.0 Å². The number of aromatic nitrogens is 5. The molecule has 4 aromatic rings. The molecule has 0 spiro atoms. The number of aryl methyl sites for hydroxylation is 1. The molecule has 0 aliphatic carbocycles. The maximum absolute atomic E-state index is 14.4. The van der Waals surface area contributed by atoms with Gasteiger partial charge in [0, 0.05) is 37.1 Å². The average Bonchev–Trinajstić information content (AvgIpc) is 3.25. The van der Waals surface area contributed by atoms with Crippen LogP contribution < -0.4 is 10.9 Å². The Kier molecular flexibility index (Phi) is 7.87. The van der Waals surface area contributed by atoms with Gasteiger partial charge in [-0.2, -0.15) is 5.10 Å². The Labute approximate surface area is 227 Å². The summed E-state index contributed by atoms with van der Waals surface area (Å²) < 4.78 is 24.1. The van der Waals surface area contributed by atoms with Gasteiger partial charge in [0.2, 0.25) is 5.95 Å². The van der Waals surface area contributed by atoms with Crippen molar-refractivity contribution in [1.29, 1.82) is 0 Å². The molecule has 0 radical (unpaired) electrons. The van der Waals surface area contributed by atoms with Gasteiger partial charge in [-0.3, -0.25) is 9.48 Å². The summed E-state index contributed by atoms with van der Waals surface area (Å²) in [6.45, 7) is 11.0. The summed E-state index contributed by atoms with van der Waals surface area (Å²) in [5.41, 5.74) is 1.56. The molecule has 11 heteroatoms. The third-order valence-electron chi connectivity index (χ3n) is 7.03. The van der Waals surface area contributed by atoms with Crippen LogP contribution in [0.1, 0.15) is 32.4 Å². The van der Waals surface area contributed by atoms with Crippen molar-refractivity contribution >= 4 is 31.7 Å². The number of nitrogens with zero attached hydrogens (tertiary/aromatic N) is 5. The van der Waals surface area contributed by atoms with E-state index in [1.165, 1.54) is 18.2 Å². The Morgan fingerprint density at radius 1 is 1.13 bits per heavy atom. The fourth-order valence-corrected chi connectivity index (χ4v) is 4.78. The Hall–Kier alpha value is -3.34. The lowest BCUT2D eigenvalue weighted by Crippen LogP contribution is -2.43. The highest BCUT2D eigenvalue weighted by molar-refractivity contribution is 6.74. The molecule has 3 aromatic heterocycles. The predicted octanol–water partition coefficient (Wildman–Crippen LogP) is 6.19. The van der Waals surface area contributed by atoms with E-state index < -0.39 is 20.2 Å². The lowest BCUT2D eigenvalue weighted by molar-refractivity contribution is 0.246. The Morgan fingerprint density at radius 3 is 2.53 bits per heavy atom. The van der Waals surface area contributed by atoms with Gasteiger partial charge in [-0.25, -0.2) is 14.4 Å². The van der Waals surface area contributed by atoms with Crippen molar-refractivity contribution in [2.75, 3.05) is 11.9 Å². The normalized spacial score (nSPS) is 12.9. The summed E-state index contributed by atoms with van der Waals surface area (Å²) in [6.07, 6.45) is 4.99. The Balaban J connectivity index is 1.67. The van der Waals surface area contributed by atoms with Crippen LogP contribution in [0.3, 0.4) is 0 Å². The molecule has 0 saturated carbocycles. The number of anilines is 2. The van der Waals surface area contributed by atoms with Gasteiger partial charge in [0.25, 0.3) is 5.56 Å². The van der Waals surface area contributed by atoms with Crippen LogP contribution in [0.25, 0.3) is 11.3 Å². The van der Waals surface area contributed by atoms with Crippen LogP contribution in [0.15, 0.2) is 65.8 Å². The molecule has 4 rings (SSSR count). The first-order chi connectivity index (χ1) is 17.9. The van der Waals surface area contributed by atoms with Crippen molar-refractivity contribution in [1.82, 2.24) is 24.3 Å². The molecule has 0 saturated heterocycles. The lowest BCUT2D eigenvalue weighted by Gasteiger charge is -2.37. The van der Waals surface area contributed by atoms with Crippen molar-refractivity contribution < 1.29 is 8.82 Å². The molecule has 3 heterocycles. The number of nitrogens with one attached hydrogen (secondary N) is 1. The van der Waals surface area contributed by atoms with E-state index in [0.717, 1.165) is 5.82 Å². The molecule has 8 nitrogen and oxygen atoms in total. The molecule has 1 N–H and O–H groups in total. The molecule has 1 atom stereocenters. The van der Waals surface area contributed by atoms with Crippen LogP contribution in [0.4, 0.5) is 16.2 Å². The van der Waals surface area contributed by atoms with Gasteiger partial charge in [0.15, 0.2) is 8.32 Å². The van der Waals surface area contributed by atoms with E-state index in [1.807, 2.05) is 19.2 Å². The van der Waals surface area contributed by atoms with Crippen LogP contribution in [0.2, 0.25) is 23.2 Å². The van der Waals surface area contributed by atoms with Gasteiger partial charge in [-0.1, -0.05) is 38.4 Å². The second kappa shape index (κ2) is 10.8. The number of hydrogen-bond donors (Lipinski definition) is 1. The van der Waals surface area contributed by atoms with Gasteiger partial charge in [0.1, 0.15) is 11.6 Å². The molecule has 0 amide bonds. The van der Waals surface area contributed by atoms with Gasteiger partial charge in [-0.05, 0) is 48.0 Å². The summed E-state index contributed by atoms with van der Waals surface area (Å²) in [5.74, 6) is 0.575. The first-order valence-electron chi connectivity index (χ1n) is 12.3. The van der Waals surface area contributed by atoms with Gasteiger partial charge in [0.05, 0.1) is 29.6 Å². The number of hydrogen-bond acceptors (Lipinski definition) is 6. The van der Waals surface area contributed by atoms with Crippen molar-refractivity contribution in [2.45, 2.75) is 44.9 Å². The third-order valence-corrected chi connectivity index (χ3v) is 11.8. The zero-order chi connectivity index (χ0) is 27.7. The van der Waals surface area contributed by atoms with Crippen molar-refractivity contribution in [2.24, 2.45) is 7.05 Å². The Morgan fingerprint density at radius 2 is 1.89 bits per heavy atom. The molecule has 200 valence electrons. The zero-order valence-electron chi connectivity index (χ0n) is 22.4. The lowest BCUT2D eigenvalue weighted by atomic mass is 10.1. The average molecular weight is 555 g/mol. The maximum Gasteiger partial charge on any atom is 0.251 e. The Bertz CT molecular complexity index is 1500. The minimum Gasteiger partial charge on any atom is -0.414 e. The smallest absolute Gasteiger partial charge is 0.251 e. The largest absolute Gasteiger partial charge is 0.414 e. The van der Waals surface area contributed by atoms with E-state index >= 15 is 0 Å². The van der Waals surface area contributed by atoms with E-state index in [4.69, 9.17) is 16.0 Å². The van der Waals surface area contributed by atoms with Crippen molar-refractivity contribution in [3.63, 3.8) is 0 Å². The highest BCUT2D eigenvalue weighted by Gasteiger charge is 2.38. The van der Waals surface area contributed by atoms with Crippen LogP contribution in [-0.2, 0) is 11.5 Å². The molecule has 0 fully saturated rings. The van der Waals surface area contributed by atoms with E-state index in [9.17, 15) is 9.18 Å². The number of benzene rings is 1. The second-order valence-electron chi connectivity index (χ2n) is 10.7. The molecular weight excluding hydrogens is 523 g/mol. The highest BCUT2D eigenvalue weighted by atomic mass is 35.5. The minimum absolute atomic E-state index is 0.0220. The predicted molar refractivity (Wildman–Crippen MR) is 151 cm³/mol. The number of rotatable bonds is 8. The van der Waals surface area contributed by atoms with Gasteiger partial charge in [-0.15, -0.1) is 0 Å². The van der Waals surface area contributed by atoms with Gasteiger partial charge >= 0.3 is 0 Å². The SMILES string of the molecule is Cn1nccc1Nc1nccc(-c2ccn(C(CO[Si](C)(C)C(C)(C)C)c3ccc(Cl)c(F)c3)c(=O)c2)n1. The van der Waals surface area contributed by atoms with Crippen LogP contribution in [-0.4, -0.2) is 39.2 Å². The van der Waals surface area contributed by atoms with E-state index in [2.05, 4.69) is 54.2 Å². The summed E-state index contributed by atoms with van der Waals surface area (Å²) in [6, 6.07) is 10.9. The van der Waals surface area contributed by atoms with Gasteiger partial charge < -0.3 is 14.3 Å². The summed E-state index contributed by atoms with van der Waals surface area (Å²) in [5, 5.41) is 7.25. The quantitative estimate of drug-likeness (QED) is 0.261. The number of pyridine rings is 1. The third kappa shape index (κ3) is 6.03. The first kappa shape index (κ1) is 27.7. The molecule has 1 aromatic carbocycles. The van der Waals surface area contributed by atoms with Crippen molar-refractivity contribution in [3.8, 4) is 11.3 Å². The van der Waals surface area contributed by atoms with Crippen molar-refractivity contribution in [3.05, 3.63) is 87.8 Å². The number of halogens is 2. The first-order valence-corrected chi connectivity index (χ1v) is 15.5. The van der Waals surface area contributed by atoms with Crippen LogP contribution in [0, 0.1) is 5.82 Å². The fraction of sp³-hybridized carbons (Fsp3) is 0.333. The molecule has 1 unspecified atom stereocenters. The van der Waals surface area contributed by atoms with Crippen LogP contribution in [0.5, 0.6) is 0 Å². The summed E-state index contributed by atoms with van der Waals surface area (Å²) in [4.78, 5) is 22.2. The molecular formula is C27H32ClFN6O2Si. The topological polar surface area (TPSA) is 86.9 Å². The molecule has 38 heavy (non-hydrogen) atoms. The van der Waals surface area contributed by atoms with Crippen LogP contribution >= 0.6 is 11.6 Å². The van der Waals surface area contributed by atoms with E-state index in [0.29, 0.717) is 22.8 Å². The second-order valence-corrected chi connectivity index (χ2v) is 15.9. The molecule has 0 aliphatic rings. The standard InChI is InChI=1S/C27H32ClFN6O2Si/c1-27(2,3)38(5,6)37-17-23(19-7-8-20(28)21(29)15-19)35-14-11-18(16-25(35)36)22-9-12-30-26(32-22)33-24-10-13-31-34(24)4/h7-16,23H,17H2,1-6H3,(H,30,32,33). The molecule has 0 aliphatic heterocycles. The van der Waals surface area contributed by atoms with E-state index in [-0.39, 0.29) is 22.2 Å². The molecule has 0 bridgehead atoms. The monoisotopic (exact) mass is 554 g/mol. The maximum atomic E-state index is 14.4. The minimum atomic E-state index is -2.14. The summed E-state index contributed by atoms with van der Waals surface area (Å²) >= 11 is 5.94. The highest BCUT2D eigenvalue weighted by Crippen LogP contribution is 2.37. The zero-order valence-corrected chi connectivity index (χ0v) is 24.1. The fourth-order valence-electron chi connectivity index (χ4n) is 3.66.